The number of benzene rings is 2. The van der Waals surface area contributed by atoms with Gasteiger partial charge in [-0.3, -0.25) is 0 Å². The number of rotatable bonds is 6. The summed E-state index contributed by atoms with van der Waals surface area (Å²) in [6, 6.07) is 14.9. The molecule has 0 aliphatic rings. The van der Waals surface area contributed by atoms with Gasteiger partial charge in [0.15, 0.2) is 11.6 Å². The maximum Gasteiger partial charge on any atom is 0.168 e. The van der Waals surface area contributed by atoms with E-state index >= 15 is 0 Å². The summed E-state index contributed by atoms with van der Waals surface area (Å²) in [7, 11) is 1.45. The molecule has 4 heteroatoms. The van der Waals surface area contributed by atoms with Crippen LogP contribution in [0.2, 0.25) is 0 Å². The molecule has 0 fully saturated rings. The highest BCUT2D eigenvalue weighted by Crippen LogP contribution is 2.33. The molecule has 2 aromatic carbocycles. The predicted molar refractivity (Wildman–Crippen MR) is 86.2 cm³/mol. The van der Waals surface area contributed by atoms with Crippen LogP contribution in [0.3, 0.4) is 0 Å². The zero-order valence-corrected chi connectivity index (χ0v) is 13.3. The fraction of sp³-hybridized carbons (Fsp3) is 0.294. The van der Waals surface area contributed by atoms with Crippen LogP contribution in [-0.4, -0.2) is 18.9 Å². The van der Waals surface area contributed by atoms with Crippen LogP contribution < -0.4 is 4.74 Å². The summed E-state index contributed by atoms with van der Waals surface area (Å²) in [5.74, 6) is 0.517. The second kappa shape index (κ2) is 7.15. The number of alkyl halides is 2. The molecule has 0 aromatic heterocycles. The van der Waals surface area contributed by atoms with Crippen molar-refractivity contribution in [3.63, 3.8) is 0 Å². The van der Waals surface area contributed by atoms with Gasteiger partial charge in [0.05, 0.1) is 7.11 Å². The maximum absolute atomic E-state index is 14.4. The maximum atomic E-state index is 14.4. The number of methoxy groups -OCH3 is 1. The Bertz CT molecular complexity index is 583. The first-order valence-corrected chi connectivity index (χ1v) is 7.72. The summed E-state index contributed by atoms with van der Waals surface area (Å²) < 4.78 is 19.4. The molecule has 0 heterocycles. The van der Waals surface area contributed by atoms with Crippen molar-refractivity contribution in [1.82, 2.24) is 0 Å². The Hall–Kier alpha value is -1.25. The average Bonchev–Trinajstić information content (AvgIpc) is 2.55. The second-order valence-electron chi connectivity index (χ2n) is 5.02. The lowest BCUT2D eigenvalue weighted by molar-refractivity contribution is 0.381. The highest BCUT2D eigenvalue weighted by molar-refractivity contribution is 6.22. The van der Waals surface area contributed by atoms with E-state index in [9.17, 15) is 4.39 Å². The van der Waals surface area contributed by atoms with Crippen molar-refractivity contribution in [1.29, 1.82) is 0 Å². The van der Waals surface area contributed by atoms with E-state index in [1.165, 1.54) is 7.11 Å². The van der Waals surface area contributed by atoms with Gasteiger partial charge >= 0.3 is 0 Å². The number of hydrogen-bond donors (Lipinski definition) is 0. The Morgan fingerprint density at radius 2 is 1.67 bits per heavy atom. The summed E-state index contributed by atoms with van der Waals surface area (Å²) >= 11 is 12.4. The number of hydrogen-bond acceptors (Lipinski definition) is 1. The minimum Gasteiger partial charge on any atom is -0.494 e. The second-order valence-corrected chi connectivity index (χ2v) is 5.56. The van der Waals surface area contributed by atoms with E-state index in [2.05, 4.69) is 0 Å². The third-order valence-electron chi connectivity index (χ3n) is 3.69. The molecule has 0 atom stereocenters. The summed E-state index contributed by atoms with van der Waals surface area (Å²) in [6.45, 7) is 0. The van der Waals surface area contributed by atoms with Gasteiger partial charge in [-0.05, 0) is 23.6 Å². The van der Waals surface area contributed by atoms with Gasteiger partial charge in [-0.1, -0.05) is 42.5 Å². The summed E-state index contributed by atoms with van der Waals surface area (Å²) in [6.07, 6.45) is 0.424. The highest BCUT2D eigenvalue weighted by atomic mass is 35.5. The van der Waals surface area contributed by atoms with Crippen molar-refractivity contribution in [3.8, 4) is 5.75 Å². The van der Waals surface area contributed by atoms with Gasteiger partial charge in [0.1, 0.15) is 0 Å². The van der Waals surface area contributed by atoms with Gasteiger partial charge in [0.25, 0.3) is 0 Å². The third kappa shape index (κ3) is 3.33. The van der Waals surface area contributed by atoms with Crippen molar-refractivity contribution in [3.05, 3.63) is 65.5 Å². The highest BCUT2D eigenvalue weighted by Gasteiger charge is 2.32. The minimum absolute atomic E-state index is 0.235. The Labute approximate surface area is 134 Å². The van der Waals surface area contributed by atoms with E-state index in [4.69, 9.17) is 27.9 Å². The molecule has 0 aliphatic heterocycles. The molecule has 0 bridgehead atoms. The van der Waals surface area contributed by atoms with E-state index in [-0.39, 0.29) is 11.6 Å². The van der Waals surface area contributed by atoms with Crippen LogP contribution in [0.5, 0.6) is 5.75 Å². The lowest BCUT2D eigenvalue weighted by Crippen LogP contribution is -2.33. The monoisotopic (exact) mass is 326 g/mol. The standard InChI is InChI=1S/C17H17Cl2FO/c1-21-15-9-5-6-13(16(15)20)10-17(11-18,12-19)14-7-3-2-4-8-14/h2-9H,10-12H2,1H3. The first-order valence-electron chi connectivity index (χ1n) is 6.65. The lowest BCUT2D eigenvalue weighted by atomic mass is 9.78. The van der Waals surface area contributed by atoms with Crippen LogP contribution >= 0.6 is 23.2 Å². The van der Waals surface area contributed by atoms with E-state index in [0.717, 1.165) is 5.56 Å². The van der Waals surface area contributed by atoms with Gasteiger partial charge in [-0.2, -0.15) is 0 Å². The molecular formula is C17H17Cl2FO. The Morgan fingerprint density at radius 3 is 2.24 bits per heavy atom. The van der Waals surface area contributed by atoms with Crippen LogP contribution in [0.25, 0.3) is 0 Å². The molecule has 0 saturated heterocycles. The van der Waals surface area contributed by atoms with Crippen LogP contribution in [0, 0.1) is 5.82 Å². The normalized spacial score (nSPS) is 11.4. The van der Waals surface area contributed by atoms with Crippen molar-refractivity contribution in [2.24, 2.45) is 0 Å². The SMILES string of the molecule is COc1cccc(CC(CCl)(CCl)c2ccccc2)c1F. The van der Waals surface area contributed by atoms with Crippen molar-refractivity contribution in [2.75, 3.05) is 18.9 Å². The molecular weight excluding hydrogens is 310 g/mol. The van der Waals surface area contributed by atoms with Crippen LogP contribution in [0.4, 0.5) is 4.39 Å². The van der Waals surface area contributed by atoms with Gasteiger partial charge < -0.3 is 4.74 Å². The molecule has 112 valence electrons. The minimum atomic E-state index is -0.502. The van der Waals surface area contributed by atoms with E-state index in [1.54, 1.807) is 18.2 Å². The van der Waals surface area contributed by atoms with Crippen LogP contribution in [0.15, 0.2) is 48.5 Å². The predicted octanol–water partition coefficient (Wildman–Crippen LogP) is 4.79. The molecule has 0 saturated carbocycles. The summed E-state index contributed by atoms with van der Waals surface area (Å²) in [5, 5.41) is 0. The first kappa shape index (κ1) is 16.1. The molecule has 0 aliphatic carbocycles. The topological polar surface area (TPSA) is 9.23 Å². The van der Waals surface area contributed by atoms with E-state index < -0.39 is 5.41 Å². The van der Waals surface area contributed by atoms with Crippen molar-refractivity contribution >= 4 is 23.2 Å². The van der Waals surface area contributed by atoms with E-state index in [1.807, 2.05) is 30.3 Å². The average molecular weight is 327 g/mol. The zero-order chi connectivity index (χ0) is 15.3. The molecule has 0 N–H and O–H groups in total. The van der Waals surface area contributed by atoms with Gasteiger partial charge in [0.2, 0.25) is 0 Å². The molecule has 2 rings (SSSR count). The Kier molecular flexibility index (Phi) is 5.49. The largest absolute Gasteiger partial charge is 0.494 e. The van der Waals surface area contributed by atoms with Crippen LogP contribution in [-0.2, 0) is 11.8 Å². The molecule has 21 heavy (non-hydrogen) atoms. The molecule has 0 spiro atoms. The van der Waals surface area contributed by atoms with Gasteiger partial charge in [-0.25, -0.2) is 4.39 Å². The molecule has 1 nitrogen and oxygen atoms in total. The van der Waals surface area contributed by atoms with Gasteiger partial charge in [0, 0.05) is 17.2 Å². The fourth-order valence-corrected chi connectivity index (χ4v) is 3.18. The molecule has 2 aromatic rings. The summed E-state index contributed by atoms with van der Waals surface area (Å²) in [4.78, 5) is 0. The summed E-state index contributed by atoms with van der Waals surface area (Å²) in [5.41, 5.74) is 1.06. The van der Waals surface area contributed by atoms with Gasteiger partial charge in [-0.15, -0.1) is 23.2 Å². The smallest absolute Gasteiger partial charge is 0.168 e. The Morgan fingerprint density at radius 1 is 1.00 bits per heavy atom. The molecule has 0 amide bonds. The lowest BCUT2D eigenvalue weighted by Gasteiger charge is -2.30. The van der Waals surface area contributed by atoms with Crippen molar-refractivity contribution < 1.29 is 9.13 Å². The van der Waals surface area contributed by atoms with Crippen molar-refractivity contribution in [2.45, 2.75) is 11.8 Å². The third-order valence-corrected chi connectivity index (χ3v) is 4.71. The van der Waals surface area contributed by atoms with Crippen LogP contribution in [0.1, 0.15) is 11.1 Å². The van der Waals surface area contributed by atoms with E-state index in [0.29, 0.717) is 23.7 Å². The Balaban J connectivity index is 2.42. The molecule has 0 radical (unpaired) electrons. The quantitative estimate of drug-likeness (QED) is 0.693. The zero-order valence-electron chi connectivity index (χ0n) is 11.8. The first-order chi connectivity index (χ1) is 10.2. The molecule has 0 unspecified atom stereocenters. The number of ether oxygens (including phenoxy) is 1. The fourth-order valence-electron chi connectivity index (χ4n) is 2.39. The number of halogens is 3.